The Hall–Kier alpha value is -4.50. The number of rotatable bonds is 11. The van der Waals surface area contributed by atoms with Crippen LogP contribution in [-0.4, -0.2) is 52.0 Å². The van der Waals surface area contributed by atoms with E-state index in [9.17, 15) is 4.79 Å². The van der Waals surface area contributed by atoms with Crippen molar-refractivity contribution in [1.82, 2.24) is 19.9 Å². The second-order valence-corrected chi connectivity index (χ2v) is 9.18. The lowest BCUT2D eigenvalue weighted by Crippen LogP contribution is -2.19. The van der Waals surface area contributed by atoms with E-state index in [2.05, 4.69) is 30.5 Å². The summed E-state index contributed by atoms with van der Waals surface area (Å²) in [6.45, 7) is 5.71. The molecule has 0 unspecified atom stereocenters. The Morgan fingerprint density at radius 3 is 2.64 bits per heavy atom. The molecule has 1 amide bonds. The number of nitrogens with one attached hydrogen (secondary N) is 2. The molecule has 0 saturated carbocycles. The van der Waals surface area contributed by atoms with Gasteiger partial charge in [-0.3, -0.25) is 14.7 Å². The molecule has 1 fully saturated rings. The third-order valence-electron chi connectivity index (χ3n) is 6.36. The van der Waals surface area contributed by atoms with Gasteiger partial charge in [-0.25, -0.2) is 9.97 Å². The quantitative estimate of drug-likeness (QED) is 0.254. The van der Waals surface area contributed by atoms with Crippen molar-refractivity contribution in [3.63, 3.8) is 0 Å². The van der Waals surface area contributed by atoms with Crippen molar-refractivity contribution >= 4 is 34.0 Å². The minimum absolute atomic E-state index is 0.206. The van der Waals surface area contributed by atoms with Crippen molar-refractivity contribution in [3.8, 4) is 11.5 Å². The summed E-state index contributed by atoms with van der Waals surface area (Å²) in [7, 11) is 0. The number of fused-ring (bicyclic) bond motifs is 1. The molecule has 2 aromatic heterocycles. The predicted molar refractivity (Wildman–Crippen MR) is 152 cm³/mol. The zero-order valence-corrected chi connectivity index (χ0v) is 22.0. The molecular weight excluding hydrogens is 492 g/mol. The molecule has 1 aliphatic heterocycles. The Labute approximate surface area is 227 Å². The van der Waals surface area contributed by atoms with Crippen LogP contribution in [0.1, 0.15) is 25.5 Å². The minimum Gasteiger partial charge on any atom is -0.492 e. The van der Waals surface area contributed by atoms with Gasteiger partial charge < -0.3 is 20.1 Å². The zero-order chi connectivity index (χ0) is 26.9. The van der Waals surface area contributed by atoms with Crippen molar-refractivity contribution in [2.24, 2.45) is 0 Å². The second kappa shape index (κ2) is 12.8. The van der Waals surface area contributed by atoms with E-state index in [0.717, 1.165) is 42.2 Å². The Bertz CT molecular complexity index is 1420. The number of pyridine rings is 1. The Morgan fingerprint density at radius 1 is 1.03 bits per heavy atom. The first-order valence-electron chi connectivity index (χ1n) is 13.2. The summed E-state index contributed by atoms with van der Waals surface area (Å²) in [6.07, 6.45) is 9.18. The van der Waals surface area contributed by atoms with Crippen LogP contribution in [0, 0.1) is 0 Å². The molecule has 5 rings (SSSR count). The summed E-state index contributed by atoms with van der Waals surface area (Å²) in [5, 5.41) is 7.08. The van der Waals surface area contributed by atoms with Crippen LogP contribution >= 0.6 is 0 Å². The second-order valence-electron chi connectivity index (χ2n) is 9.18. The first-order valence-corrected chi connectivity index (χ1v) is 13.2. The minimum atomic E-state index is -0.206. The first kappa shape index (κ1) is 26.1. The standard InChI is InChI=1S/C30H32N6O3/c1-2-38-28-19-26-25(18-27(28)35-29(37)9-7-17-36-15-5-6-16-36)30(33-21-32-26)34-22-10-12-24(13-11-22)39-20-23-8-3-4-14-31-23/h3-4,7-14,18-19,21H,2,5-6,15-17,20H2,1H3,(H,35,37)(H,32,33,34). The largest absolute Gasteiger partial charge is 0.492 e. The number of carbonyl (C=O) groups excluding carboxylic acids is 1. The maximum Gasteiger partial charge on any atom is 0.248 e. The van der Waals surface area contributed by atoms with Gasteiger partial charge in [0.05, 0.1) is 23.5 Å². The molecule has 0 atom stereocenters. The van der Waals surface area contributed by atoms with Crippen LogP contribution in [0.15, 0.2) is 79.3 Å². The average Bonchev–Trinajstić information content (AvgIpc) is 3.48. The number of amides is 1. The molecule has 9 nitrogen and oxygen atoms in total. The van der Waals surface area contributed by atoms with Crippen molar-refractivity contribution in [2.75, 3.05) is 36.9 Å². The number of benzene rings is 2. The average molecular weight is 525 g/mol. The number of anilines is 3. The normalized spacial score (nSPS) is 13.6. The lowest BCUT2D eigenvalue weighted by Gasteiger charge is -2.14. The van der Waals surface area contributed by atoms with E-state index in [0.29, 0.717) is 36.0 Å². The van der Waals surface area contributed by atoms with Gasteiger partial charge in [-0.2, -0.15) is 0 Å². The summed E-state index contributed by atoms with van der Waals surface area (Å²) >= 11 is 0. The fraction of sp³-hybridized carbons (Fsp3) is 0.267. The number of carbonyl (C=O) groups is 1. The summed E-state index contributed by atoms with van der Waals surface area (Å²) in [6, 6.07) is 17.0. The molecule has 0 spiro atoms. The highest BCUT2D eigenvalue weighted by atomic mass is 16.5. The van der Waals surface area contributed by atoms with E-state index in [1.54, 1.807) is 12.3 Å². The molecule has 2 aromatic carbocycles. The molecule has 9 heteroatoms. The van der Waals surface area contributed by atoms with Crippen molar-refractivity contribution in [2.45, 2.75) is 26.4 Å². The predicted octanol–water partition coefficient (Wildman–Crippen LogP) is 5.34. The van der Waals surface area contributed by atoms with Crippen LogP contribution in [0.2, 0.25) is 0 Å². The Morgan fingerprint density at radius 2 is 1.87 bits per heavy atom. The van der Waals surface area contributed by atoms with E-state index in [-0.39, 0.29) is 5.91 Å². The molecule has 200 valence electrons. The summed E-state index contributed by atoms with van der Waals surface area (Å²) in [5.74, 6) is 1.71. The van der Waals surface area contributed by atoms with Crippen molar-refractivity contribution in [1.29, 1.82) is 0 Å². The van der Waals surface area contributed by atoms with Gasteiger partial charge >= 0.3 is 0 Å². The molecule has 0 bridgehead atoms. The molecule has 4 aromatic rings. The number of aromatic nitrogens is 3. The fourth-order valence-electron chi connectivity index (χ4n) is 4.42. The summed E-state index contributed by atoms with van der Waals surface area (Å²) in [5.41, 5.74) is 2.97. The fourth-order valence-corrected chi connectivity index (χ4v) is 4.42. The van der Waals surface area contributed by atoms with Crippen LogP contribution in [0.25, 0.3) is 10.9 Å². The Kier molecular flexibility index (Phi) is 8.60. The molecule has 3 heterocycles. The summed E-state index contributed by atoms with van der Waals surface area (Å²) in [4.78, 5) is 28.2. The lowest BCUT2D eigenvalue weighted by molar-refractivity contribution is -0.111. The first-order chi connectivity index (χ1) is 19.2. The van der Waals surface area contributed by atoms with E-state index in [1.807, 2.05) is 67.6 Å². The van der Waals surface area contributed by atoms with Crippen LogP contribution in [0.3, 0.4) is 0 Å². The van der Waals surface area contributed by atoms with Crippen LogP contribution in [0.4, 0.5) is 17.2 Å². The maximum atomic E-state index is 12.7. The Balaban J connectivity index is 1.30. The SMILES string of the molecule is CCOc1cc2ncnc(Nc3ccc(OCc4ccccn4)cc3)c2cc1NC(=O)C=CCN1CCCC1. The van der Waals surface area contributed by atoms with Gasteiger partial charge in [0.2, 0.25) is 5.91 Å². The van der Waals surface area contributed by atoms with E-state index < -0.39 is 0 Å². The van der Waals surface area contributed by atoms with Crippen LogP contribution in [0.5, 0.6) is 11.5 Å². The van der Waals surface area contributed by atoms with Gasteiger partial charge in [-0.15, -0.1) is 0 Å². The van der Waals surface area contributed by atoms with Crippen molar-refractivity contribution in [3.05, 3.63) is 85.0 Å². The third-order valence-corrected chi connectivity index (χ3v) is 6.36. The van der Waals surface area contributed by atoms with Gasteiger partial charge in [-0.05, 0) is 75.3 Å². The van der Waals surface area contributed by atoms with E-state index >= 15 is 0 Å². The highest BCUT2D eigenvalue weighted by molar-refractivity contribution is 6.03. The molecule has 2 N–H and O–H groups in total. The third kappa shape index (κ3) is 7.08. The van der Waals surface area contributed by atoms with Gasteiger partial charge in [-0.1, -0.05) is 12.1 Å². The number of hydrogen-bond acceptors (Lipinski definition) is 8. The van der Waals surface area contributed by atoms with E-state index in [1.165, 1.54) is 19.2 Å². The highest BCUT2D eigenvalue weighted by Gasteiger charge is 2.14. The summed E-state index contributed by atoms with van der Waals surface area (Å²) < 4.78 is 11.6. The number of ether oxygens (including phenoxy) is 2. The lowest BCUT2D eigenvalue weighted by atomic mass is 10.1. The molecule has 1 aliphatic rings. The maximum absolute atomic E-state index is 12.7. The molecule has 1 saturated heterocycles. The van der Waals surface area contributed by atoms with Gasteiger partial charge in [0.15, 0.2) is 0 Å². The van der Waals surface area contributed by atoms with E-state index in [4.69, 9.17) is 9.47 Å². The number of hydrogen-bond donors (Lipinski definition) is 2. The monoisotopic (exact) mass is 524 g/mol. The van der Waals surface area contributed by atoms with Gasteiger partial charge in [0.1, 0.15) is 30.3 Å². The van der Waals surface area contributed by atoms with Crippen LogP contribution in [-0.2, 0) is 11.4 Å². The van der Waals surface area contributed by atoms with Crippen LogP contribution < -0.4 is 20.1 Å². The topological polar surface area (TPSA) is 102 Å². The molecular formula is C30H32N6O3. The van der Waals surface area contributed by atoms with Gasteiger partial charge in [0, 0.05) is 36.0 Å². The number of nitrogens with zero attached hydrogens (tertiary/aromatic N) is 4. The van der Waals surface area contributed by atoms with Gasteiger partial charge in [0.25, 0.3) is 0 Å². The molecule has 0 radical (unpaired) electrons. The zero-order valence-electron chi connectivity index (χ0n) is 22.0. The van der Waals surface area contributed by atoms with Crippen molar-refractivity contribution < 1.29 is 14.3 Å². The smallest absolute Gasteiger partial charge is 0.248 e. The molecule has 0 aliphatic carbocycles. The molecule has 39 heavy (non-hydrogen) atoms. The highest BCUT2D eigenvalue weighted by Crippen LogP contribution is 2.33. The number of likely N-dealkylation sites (tertiary alicyclic amines) is 1.